The summed E-state index contributed by atoms with van der Waals surface area (Å²) in [6, 6.07) is 13.1. The molecule has 6 nitrogen and oxygen atoms in total. The lowest BCUT2D eigenvalue weighted by molar-refractivity contribution is -0.384. The molecule has 3 aromatic rings. The lowest BCUT2D eigenvalue weighted by atomic mass is 10.00. The molecule has 0 aliphatic rings. The van der Waals surface area contributed by atoms with E-state index in [1.165, 1.54) is 18.2 Å². The van der Waals surface area contributed by atoms with Crippen molar-refractivity contribution in [3.8, 4) is 5.75 Å². The third-order valence-electron chi connectivity index (χ3n) is 3.90. The second kappa shape index (κ2) is 6.76. The fraction of sp³-hybridized carbons (Fsp3) is 0.211. The molecule has 0 aliphatic carbocycles. The van der Waals surface area contributed by atoms with Gasteiger partial charge in [0.2, 0.25) is 0 Å². The Bertz CT molecular complexity index is 991. The summed E-state index contributed by atoms with van der Waals surface area (Å²) in [4.78, 5) is 22.1. The zero-order chi connectivity index (χ0) is 18.0. The molecule has 0 amide bonds. The molecular formula is C19H17NO5. The average molecular weight is 339 g/mol. The normalized spacial score (nSPS) is 11.0. The number of non-ortho nitro benzene ring substituents is 1. The summed E-state index contributed by atoms with van der Waals surface area (Å²) < 4.78 is 11.0. The molecule has 3 rings (SSSR count). The topological polar surface area (TPSA) is 82.6 Å². The zero-order valence-electron chi connectivity index (χ0n) is 13.9. The Hall–Kier alpha value is -3.15. The summed E-state index contributed by atoms with van der Waals surface area (Å²) in [7, 11) is 0. The minimum Gasteiger partial charge on any atom is -0.489 e. The number of ether oxygens (including phenoxy) is 1. The zero-order valence-corrected chi connectivity index (χ0v) is 13.9. The summed E-state index contributed by atoms with van der Waals surface area (Å²) in [6.07, 6.45) is 0. The van der Waals surface area contributed by atoms with Gasteiger partial charge in [-0.25, -0.2) is 4.79 Å². The Morgan fingerprint density at radius 2 is 1.96 bits per heavy atom. The maximum atomic E-state index is 11.7. The van der Waals surface area contributed by atoms with Crippen LogP contribution in [-0.4, -0.2) is 4.92 Å². The SMILES string of the molecule is CC(C)c1cc(=O)oc2cc(OCc3cccc([N+](=O)[O-])c3)ccc12. The molecule has 1 aromatic heterocycles. The van der Waals surface area contributed by atoms with E-state index in [4.69, 9.17) is 9.15 Å². The fourth-order valence-electron chi connectivity index (χ4n) is 2.66. The third kappa shape index (κ3) is 3.68. The van der Waals surface area contributed by atoms with Gasteiger partial charge in [-0.3, -0.25) is 10.1 Å². The molecule has 0 aliphatic heterocycles. The van der Waals surface area contributed by atoms with Gasteiger partial charge in [-0.1, -0.05) is 26.0 Å². The van der Waals surface area contributed by atoms with E-state index in [-0.39, 0.29) is 18.2 Å². The molecule has 128 valence electrons. The van der Waals surface area contributed by atoms with Crippen LogP contribution >= 0.6 is 0 Å². The molecule has 0 fully saturated rings. The second-order valence-electron chi connectivity index (χ2n) is 6.05. The van der Waals surface area contributed by atoms with Gasteiger partial charge in [0.15, 0.2) is 0 Å². The first-order valence-corrected chi connectivity index (χ1v) is 7.88. The summed E-state index contributed by atoms with van der Waals surface area (Å²) in [5, 5.41) is 11.7. The molecule has 0 saturated heterocycles. The van der Waals surface area contributed by atoms with Gasteiger partial charge >= 0.3 is 5.63 Å². The van der Waals surface area contributed by atoms with Crippen molar-refractivity contribution in [2.24, 2.45) is 0 Å². The van der Waals surface area contributed by atoms with Crippen LogP contribution in [0.2, 0.25) is 0 Å². The molecule has 6 heteroatoms. The largest absolute Gasteiger partial charge is 0.489 e. The van der Waals surface area contributed by atoms with Gasteiger partial charge < -0.3 is 9.15 Å². The van der Waals surface area contributed by atoms with Gasteiger partial charge in [-0.05, 0) is 29.2 Å². The number of hydrogen-bond donors (Lipinski definition) is 0. The van der Waals surface area contributed by atoms with Crippen LogP contribution in [0, 0.1) is 10.1 Å². The van der Waals surface area contributed by atoms with E-state index in [2.05, 4.69) is 0 Å². The molecule has 0 radical (unpaired) electrons. The predicted octanol–water partition coefficient (Wildman–Crippen LogP) is 4.40. The Morgan fingerprint density at radius 3 is 2.68 bits per heavy atom. The summed E-state index contributed by atoms with van der Waals surface area (Å²) in [5.41, 5.74) is 1.70. The number of fused-ring (bicyclic) bond motifs is 1. The molecule has 0 atom stereocenters. The number of benzene rings is 2. The molecule has 2 aromatic carbocycles. The quantitative estimate of drug-likeness (QED) is 0.391. The van der Waals surface area contributed by atoms with Gasteiger partial charge in [0.25, 0.3) is 5.69 Å². The molecule has 0 N–H and O–H groups in total. The van der Waals surface area contributed by atoms with Gasteiger partial charge in [0.05, 0.1) is 4.92 Å². The van der Waals surface area contributed by atoms with E-state index in [1.807, 2.05) is 19.9 Å². The highest BCUT2D eigenvalue weighted by Crippen LogP contribution is 2.27. The fourth-order valence-corrected chi connectivity index (χ4v) is 2.66. The maximum Gasteiger partial charge on any atom is 0.336 e. The maximum absolute atomic E-state index is 11.7. The van der Waals surface area contributed by atoms with Gasteiger partial charge in [-0.15, -0.1) is 0 Å². The smallest absolute Gasteiger partial charge is 0.336 e. The monoisotopic (exact) mass is 339 g/mol. The van der Waals surface area contributed by atoms with Gasteiger partial charge in [-0.2, -0.15) is 0 Å². The first kappa shape index (κ1) is 16.7. The highest BCUT2D eigenvalue weighted by atomic mass is 16.6. The van der Waals surface area contributed by atoms with Gasteiger partial charge in [0.1, 0.15) is 17.9 Å². The third-order valence-corrected chi connectivity index (χ3v) is 3.90. The number of rotatable bonds is 5. The van der Waals surface area contributed by atoms with Gasteiger partial charge in [0, 0.05) is 29.7 Å². The summed E-state index contributed by atoms with van der Waals surface area (Å²) >= 11 is 0. The highest BCUT2D eigenvalue weighted by Gasteiger charge is 2.10. The number of nitro benzene ring substituents is 1. The van der Waals surface area contributed by atoms with Crippen LogP contribution in [0.3, 0.4) is 0 Å². The summed E-state index contributed by atoms with van der Waals surface area (Å²) in [6.45, 7) is 4.21. The van der Waals surface area contributed by atoms with E-state index in [0.717, 1.165) is 10.9 Å². The van der Waals surface area contributed by atoms with Crippen molar-refractivity contribution in [1.82, 2.24) is 0 Å². The van der Waals surface area contributed by atoms with E-state index in [9.17, 15) is 14.9 Å². The van der Waals surface area contributed by atoms with Crippen molar-refractivity contribution < 1.29 is 14.1 Å². The van der Waals surface area contributed by atoms with Crippen molar-refractivity contribution in [1.29, 1.82) is 0 Å². The van der Waals surface area contributed by atoms with E-state index in [0.29, 0.717) is 16.9 Å². The average Bonchev–Trinajstić information content (AvgIpc) is 2.59. The van der Waals surface area contributed by atoms with E-state index in [1.54, 1.807) is 24.3 Å². The van der Waals surface area contributed by atoms with Crippen LogP contribution in [0.15, 0.2) is 57.7 Å². The standard InChI is InChI=1S/C19H17NO5/c1-12(2)17-10-19(21)25-18-9-15(6-7-16(17)18)24-11-13-4-3-5-14(8-13)20(22)23/h3-10,12H,11H2,1-2H3. The predicted molar refractivity (Wildman–Crippen MR) is 94.0 cm³/mol. The Morgan fingerprint density at radius 1 is 1.16 bits per heavy atom. The molecule has 25 heavy (non-hydrogen) atoms. The Kier molecular flexibility index (Phi) is 4.52. The minimum absolute atomic E-state index is 0.0205. The molecule has 0 unspecified atom stereocenters. The second-order valence-corrected chi connectivity index (χ2v) is 6.05. The molecule has 0 bridgehead atoms. The van der Waals surface area contributed by atoms with Crippen LogP contribution in [0.1, 0.15) is 30.9 Å². The van der Waals surface area contributed by atoms with E-state index < -0.39 is 10.5 Å². The number of nitrogens with zero attached hydrogens (tertiary/aromatic N) is 1. The lowest BCUT2D eigenvalue weighted by Gasteiger charge is -2.10. The van der Waals surface area contributed by atoms with Crippen molar-refractivity contribution in [3.05, 3.63) is 80.2 Å². The van der Waals surface area contributed by atoms with Crippen LogP contribution < -0.4 is 10.4 Å². The van der Waals surface area contributed by atoms with Crippen molar-refractivity contribution in [3.63, 3.8) is 0 Å². The lowest BCUT2D eigenvalue weighted by Crippen LogP contribution is -2.02. The van der Waals surface area contributed by atoms with Crippen molar-refractivity contribution >= 4 is 16.7 Å². The first-order chi connectivity index (χ1) is 11.9. The van der Waals surface area contributed by atoms with Crippen LogP contribution in [-0.2, 0) is 6.61 Å². The summed E-state index contributed by atoms with van der Waals surface area (Å²) in [5.74, 6) is 0.728. The van der Waals surface area contributed by atoms with Crippen molar-refractivity contribution in [2.75, 3.05) is 0 Å². The van der Waals surface area contributed by atoms with Crippen molar-refractivity contribution in [2.45, 2.75) is 26.4 Å². The van der Waals surface area contributed by atoms with Crippen LogP contribution in [0.5, 0.6) is 5.75 Å². The number of hydrogen-bond acceptors (Lipinski definition) is 5. The first-order valence-electron chi connectivity index (χ1n) is 7.88. The van der Waals surface area contributed by atoms with Crippen LogP contribution in [0.25, 0.3) is 11.0 Å². The molecule has 0 saturated carbocycles. The van der Waals surface area contributed by atoms with E-state index >= 15 is 0 Å². The Balaban J connectivity index is 1.86. The Labute approximate surface area is 143 Å². The molecular weight excluding hydrogens is 322 g/mol. The molecule has 1 heterocycles. The molecule has 0 spiro atoms. The highest BCUT2D eigenvalue weighted by molar-refractivity contribution is 5.82. The number of nitro groups is 1. The minimum atomic E-state index is -0.443. The van der Waals surface area contributed by atoms with Crippen LogP contribution in [0.4, 0.5) is 5.69 Å².